The molecule has 1 saturated carbocycles. The van der Waals surface area contributed by atoms with Gasteiger partial charge in [-0.25, -0.2) is 4.79 Å². The van der Waals surface area contributed by atoms with Crippen molar-refractivity contribution in [3.63, 3.8) is 0 Å². The number of nitrogens with zero attached hydrogens (tertiary/aromatic N) is 2. The van der Waals surface area contributed by atoms with Gasteiger partial charge < -0.3 is 25.5 Å². The van der Waals surface area contributed by atoms with E-state index >= 15 is 0 Å². The van der Waals surface area contributed by atoms with Crippen LogP contribution < -0.4 is 15.5 Å². The number of amides is 3. The minimum absolute atomic E-state index is 0.136. The number of hydrogen-bond acceptors (Lipinski definition) is 4. The van der Waals surface area contributed by atoms with Crippen molar-refractivity contribution in [2.75, 3.05) is 31.1 Å². The van der Waals surface area contributed by atoms with Crippen LogP contribution >= 0.6 is 23.2 Å². The van der Waals surface area contributed by atoms with Crippen LogP contribution in [0.4, 0.5) is 10.5 Å². The average molecular weight is 548 g/mol. The van der Waals surface area contributed by atoms with E-state index in [2.05, 4.69) is 15.5 Å². The van der Waals surface area contributed by atoms with E-state index in [-0.39, 0.29) is 24.4 Å². The summed E-state index contributed by atoms with van der Waals surface area (Å²) < 4.78 is 0. The summed E-state index contributed by atoms with van der Waals surface area (Å²) in [6, 6.07) is 12.2. The first kappa shape index (κ1) is 27.6. The monoisotopic (exact) mass is 546 g/mol. The van der Waals surface area contributed by atoms with Gasteiger partial charge in [0.05, 0.1) is 5.60 Å². The molecule has 0 bridgehead atoms. The Bertz CT molecular complexity index is 1110. The van der Waals surface area contributed by atoms with Crippen molar-refractivity contribution in [3.8, 4) is 0 Å². The zero-order valence-corrected chi connectivity index (χ0v) is 23.0. The number of rotatable bonds is 9. The number of halogens is 2. The van der Waals surface area contributed by atoms with Gasteiger partial charge in [-0.05, 0) is 49.4 Å². The van der Waals surface area contributed by atoms with Crippen LogP contribution in [-0.4, -0.2) is 60.2 Å². The summed E-state index contributed by atoms with van der Waals surface area (Å²) in [6.45, 7) is 6.29. The molecule has 1 aliphatic heterocycles. The van der Waals surface area contributed by atoms with Gasteiger partial charge in [0.15, 0.2) is 0 Å². The van der Waals surface area contributed by atoms with Gasteiger partial charge in [0.25, 0.3) is 0 Å². The molecule has 4 rings (SSSR count). The fraction of sp³-hybridized carbons (Fsp3) is 0.500. The van der Waals surface area contributed by atoms with Gasteiger partial charge in [0.1, 0.15) is 6.04 Å². The minimum atomic E-state index is -0.884. The maximum Gasteiger partial charge on any atom is 0.315 e. The van der Waals surface area contributed by atoms with Gasteiger partial charge in [-0.15, -0.1) is 0 Å². The predicted molar refractivity (Wildman–Crippen MR) is 148 cm³/mol. The highest BCUT2D eigenvalue weighted by Crippen LogP contribution is 2.36. The Balaban J connectivity index is 1.47. The summed E-state index contributed by atoms with van der Waals surface area (Å²) in [5.41, 5.74) is 1.80. The number of nitrogens with one attached hydrogen (secondary N) is 2. The third-order valence-corrected chi connectivity index (χ3v) is 8.05. The largest absolute Gasteiger partial charge is 0.385 e. The Morgan fingerprint density at radius 3 is 2.35 bits per heavy atom. The van der Waals surface area contributed by atoms with Crippen LogP contribution in [0.1, 0.15) is 50.7 Å². The van der Waals surface area contributed by atoms with E-state index in [1.165, 1.54) is 0 Å². The predicted octanol–water partition coefficient (Wildman–Crippen LogP) is 4.72. The summed E-state index contributed by atoms with van der Waals surface area (Å²) in [6.07, 6.45) is 3.45. The van der Waals surface area contributed by atoms with Crippen LogP contribution in [0.3, 0.4) is 0 Å². The number of anilines is 1. The Morgan fingerprint density at radius 2 is 1.73 bits per heavy atom. The molecule has 0 aromatic heterocycles. The maximum absolute atomic E-state index is 13.6. The van der Waals surface area contributed by atoms with E-state index in [0.29, 0.717) is 49.1 Å². The molecule has 2 aliphatic rings. The van der Waals surface area contributed by atoms with Gasteiger partial charge in [0, 0.05) is 59.9 Å². The molecule has 200 valence electrons. The maximum atomic E-state index is 13.6. The topological polar surface area (TPSA) is 84.9 Å². The molecule has 9 heteroatoms. The van der Waals surface area contributed by atoms with Crippen molar-refractivity contribution in [1.29, 1.82) is 0 Å². The number of piperazine rings is 1. The van der Waals surface area contributed by atoms with Gasteiger partial charge in [-0.1, -0.05) is 61.3 Å². The molecule has 0 spiro atoms. The minimum Gasteiger partial charge on any atom is -0.385 e. The Kier molecular flexibility index (Phi) is 8.88. The van der Waals surface area contributed by atoms with Gasteiger partial charge in [-0.3, -0.25) is 4.79 Å². The van der Waals surface area contributed by atoms with Gasteiger partial charge in [-0.2, -0.15) is 0 Å². The summed E-state index contributed by atoms with van der Waals surface area (Å²) in [7, 11) is 0. The van der Waals surface area contributed by atoms with Crippen LogP contribution in [-0.2, 0) is 16.8 Å². The normalized spacial score (nSPS) is 16.9. The number of carbonyl (C=O) groups is 2. The molecule has 3 amide bonds. The molecule has 3 N–H and O–H groups in total. The van der Waals surface area contributed by atoms with Crippen molar-refractivity contribution in [2.24, 2.45) is 0 Å². The number of benzene rings is 2. The number of carbonyl (C=O) groups excluding carboxylic acids is 2. The number of urea groups is 1. The van der Waals surface area contributed by atoms with Crippen LogP contribution in [0.25, 0.3) is 0 Å². The molecule has 2 aromatic rings. The lowest BCUT2D eigenvalue weighted by atomic mass is 9.87. The standard InChI is InChI=1S/C28H36Cl2N4O3/c1-3-28(37,4-2)22-7-5-6-8-25(22)33-13-15-34(16-14-33)26(35)24(32-27(36)31-21-11-12-21)17-19-9-10-20(29)18-23(19)30/h5-10,18,21,24,37H,3-4,11-17H2,1-2H3,(H2,31,32,36)/t24-/m1/s1. The quantitative estimate of drug-likeness (QED) is 0.424. The molecule has 0 unspecified atom stereocenters. The van der Waals surface area contributed by atoms with E-state index in [4.69, 9.17) is 23.2 Å². The molecule has 1 heterocycles. The lowest BCUT2D eigenvalue weighted by Crippen LogP contribution is -2.57. The SMILES string of the molecule is CCC(O)(CC)c1ccccc1N1CCN(C(=O)[C@@H](Cc2ccc(Cl)cc2Cl)NC(=O)NC2CC2)CC1. The molecular formula is C28H36Cl2N4O3. The second kappa shape index (κ2) is 11.9. The first-order valence-corrected chi connectivity index (χ1v) is 13.9. The zero-order chi connectivity index (χ0) is 26.6. The summed E-state index contributed by atoms with van der Waals surface area (Å²) in [5, 5.41) is 18.0. The van der Waals surface area contributed by atoms with Gasteiger partial charge in [0.2, 0.25) is 5.91 Å². The van der Waals surface area contributed by atoms with Gasteiger partial charge >= 0.3 is 6.03 Å². The lowest BCUT2D eigenvalue weighted by Gasteiger charge is -2.40. The molecule has 7 nitrogen and oxygen atoms in total. The highest BCUT2D eigenvalue weighted by molar-refractivity contribution is 6.35. The van der Waals surface area contributed by atoms with Crippen molar-refractivity contribution < 1.29 is 14.7 Å². The zero-order valence-electron chi connectivity index (χ0n) is 21.5. The van der Waals surface area contributed by atoms with Crippen molar-refractivity contribution in [1.82, 2.24) is 15.5 Å². The second-order valence-electron chi connectivity index (χ2n) is 9.95. The van der Waals surface area contributed by atoms with Crippen LogP contribution in [0.5, 0.6) is 0 Å². The second-order valence-corrected chi connectivity index (χ2v) is 10.8. The molecular weight excluding hydrogens is 511 g/mol. The third-order valence-electron chi connectivity index (χ3n) is 7.46. The number of aliphatic hydroxyl groups is 1. The highest BCUT2D eigenvalue weighted by atomic mass is 35.5. The van der Waals surface area contributed by atoms with Crippen molar-refractivity contribution >= 4 is 40.8 Å². The highest BCUT2D eigenvalue weighted by Gasteiger charge is 2.33. The average Bonchev–Trinajstić information content (AvgIpc) is 3.73. The molecule has 1 saturated heterocycles. The Morgan fingerprint density at radius 1 is 1.05 bits per heavy atom. The van der Waals surface area contributed by atoms with Crippen LogP contribution in [0, 0.1) is 0 Å². The molecule has 0 radical (unpaired) electrons. The third kappa shape index (κ3) is 6.70. The van der Waals surface area contributed by atoms with E-state index < -0.39 is 11.6 Å². The van der Waals surface area contributed by atoms with E-state index in [9.17, 15) is 14.7 Å². The lowest BCUT2D eigenvalue weighted by molar-refractivity contribution is -0.133. The van der Waals surface area contributed by atoms with Crippen molar-refractivity contribution in [2.45, 2.75) is 63.6 Å². The van der Waals surface area contributed by atoms with Crippen molar-refractivity contribution in [3.05, 3.63) is 63.6 Å². The molecule has 1 aliphatic carbocycles. The smallest absolute Gasteiger partial charge is 0.315 e. The Hall–Kier alpha value is -2.48. The fourth-order valence-corrected chi connectivity index (χ4v) is 5.37. The van der Waals surface area contributed by atoms with Crippen LogP contribution in [0.2, 0.25) is 10.0 Å². The summed E-state index contributed by atoms with van der Waals surface area (Å²) in [5.74, 6) is -0.136. The molecule has 37 heavy (non-hydrogen) atoms. The van der Waals surface area contributed by atoms with E-state index in [0.717, 1.165) is 29.7 Å². The summed E-state index contributed by atoms with van der Waals surface area (Å²) >= 11 is 12.4. The van der Waals surface area contributed by atoms with E-state index in [1.807, 2.05) is 38.1 Å². The fourth-order valence-electron chi connectivity index (χ4n) is 4.88. The van der Waals surface area contributed by atoms with E-state index in [1.54, 1.807) is 23.1 Å². The Labute approximate surface area is 229 Å². The first-order valence-electron chi connectivity index (χ1n) is 13.1. The molecule has 2 aromatic carbocycles. The number of para-hydroxylation sites is 1. The molecule has 1 atom stereocenters. The summed E-state index contributed by atoms with van der Waals surface area (Å²) in [4.78, 5) is 30.2. The number of hydrogen-bond donors (Lipinski definition) is 3. The molecule has 2 fully saturated rings. The van der Waals surface area contributed by atoms with Crippen LogP contribution in [0.15, 0.2) is 42.5 Å². The first-order chi connectivity index (χ1) is 17.7.